The first kappa shape index (κ1) is 13.1. The van der Waals surface area contributed by atoms with Crippen molar-refractivity contribution in [2.45, 2.75) is 20.4 Å². The van der Waals surface area contributed by atoms with Gasteiger partial charge in [-0.15, -0.1) is 0 Å². The molecule has 7 heteroatoms. The number of nitrogens with one attached hydrogen (secondary N) is 2. The molecule has 0 amide bonds. The summed E-state index contributed by atoms with van der Waals surface area (Å²) in [6, 6.07) is 0. The average Bonchev–Trinajstić information content (AvgIpc) is 2.75. The molecule has 2 heterocycles. The minimum absolute atomic E-state index is 0.494. The summed E-state index contributed by atoms with van der Waals surface area (Å²) in [5.41, 5.74) is 3.63. The molecule has 19 heavy (non-hydrogen) atoms. The zero-order chi connectivity index (χ0) is 13.8. The number of methoxy groups -OCH3 is 2. The minimum atomic E-state index is 0.494. The van der Waals surface area contributed by atoms with Crippen molar-refractivity contribution in [3.8, 4) is 11.8 Å². The smallest absolute Gasteiger partial charge is 0.225 e. The van der Waals surface area contributed by atoms with Gasteiger partial charge in [-0.2, -0.15) is 5.10 Å². The minimum Gasteiger partial charge on any atom is -0.481 e. The number of ether oxygens (including phenoxy) is 2. The standard InChI is InChI=1S/C12H17N5O2/c1-7-10(8(2)17-16-7)13-5-9-11(18-3)14-6-15-12(9)19-4/h6,13H,5H2,1-4H3,(H,16,17). The number of aryl methyl sites for hydroxylation is 2. The molecule has 0 unspecified atom stereocenters. The molecule has 0 aliphatic heterocycles. The summed E-state index contributed by atoms with van der Waals surface area (Å²) in [4.78, 5) is 8.15. The van der Waals surface area contributed by atoms with Crippen LogP contribution in [-0.4, -0.2) is 34.4 Å². The van der Waals surface area contributed by atoms with E-state index in [1.54, 1.807) is 14.2 Å². The Hall–Kier alpha value is -2.31. The summed E-state index contributed by atoms with van der Waals surface area (Å²) in [6.45, 7) is 4.38. The van der Waals surface area contributed by atoms with Crippen molar-refractivity contribution >= 4 is 5.69 Å². The first-order chi connectivity index (χ1) is 9.17. The fourth-order valence-corrected chi connectivity index (χ4v) is 1.87. The molecule has 0 spiro atoms. The van der Waals surface area contributed by atoms with Crippen molar-refractivity contribution in [3.05, 3.63) is 23.3 Å². The lowest BCUT2D eigenvalue weighted by atomic mass is 10.2. The second kappa shape index (κ2) is 5.55. The van der Waals surface area contributed by atoms with Gasteiger partial charge in [0.05, 0.1) is 43.4 Å². The molecule has 2 aromatic rings. The van der Waals surface area contributed by atoms with Crippen LogP contribution in [0.1, 0.15) is 17.0 Å². The van der Waals surface area contributed by atoms with Crippen LogP contribution in [0.25, 0.3) is 0 Å². The molecule has 0 aromatic carbocycles. The van der Waals surface area contributed by atoms with Crippen LogP contribution in [0, 0.1) is 13.8 Å². The van der Waals surface area contributed by atoms with Crippen molar-refractivity contribution in [1.82, 2.24) is 20.2 Å². The summed E-state index contributed by atoms with van der Waals surface area (Å²) in [5.74, 6) is 0.997. The highest BCUT2D eigenvalue weighted by Gasteiger charge is 2.14. The molecule has 2 aromatic heterocycles. The largest absolute Gasteiger partial charge is 0.481 e. The molecule has 0 fully saturated rings. The number of H-pyrrole nitrogens is 1. The first-order valence-electron chi connectivity index (χ1n) is 5.84. The molecular weight excluding hydrogens is 246 g/mol. The average molecular weight is 263 g/mol. The molecule has 0 aliphatic rings. The van der Waals surface area contributed by atoms with Gasteiger partial charge in [0.2, 0.25) is 11.8 Å². The third kappa shape index (κ3) is 2.59. The monoisotopic (exact) mass is 263 g/mol. The van der Waals surface area contributed by atoms with Crippen LogP contribution < -0.4 is 14.8 Å². The van der Waals surface area contributed by atoms with Gasteiger partial charge in [-0.05, 0) is 13.8 Å². The zero-order valence-electron chi connectivity index (χ0n) is 11.4. The SMILES string of the molecule is COc1ncnc(OC)c1CNc1c(C)n[nH]c1C. The molecule has 0 atom stereocenters. The van der Waals surface area contributed by atoms with Gasteiger partial charge in [0.1, 0.15) is 6.33 Å². The molecule has 2 N–H and O–H groups in total. The second-order valence-electron chi connectivity index (χ2n) is 4.03. The van der Waals surface area contributed by atoms with Crippen LogP contribution in [0.2, 0.25) is 0 Å². The van der Waals surface area contributed by atoms with Gasteiger partial charge in [-0.1, -0.05) is 0 Å². The summed E-state index contributed by atoms with van der Waals surface area (Å²) in [5, 5.41) is 10.3. The molecule has 2 rings (SSSR count). The Kier molecular flexibility index (Phi) is 3.84. The molecule has 0 radical (unpaired) electrons. The number of hydrogen-bond donors (Lipinski definition) is 2. The Labute approximate surface area is 111 Å². The number of hydrogen-bond acceptors (Lipinski definition) is 6. The third-order valence-corrected chi connectivity index (χ3v) is 2.82. The van der Waals surface area contributed by atoms with Gasteiger partial charge < -0.3 is 14.8 Å². The van der Waals surface area contributed by atoms with E-state index in [9.17, 15) is 0 Å². The van der Waals surface area contributed by atoms with Gasteiger partial charge in [0.15, 0.2) is 0 Å². The number of nitrogens with zero attached hydrogens (tertiary/aromatic N) is 3. The molecule has 0 bridgehead atoms. The predicted octanol–water partition coefficient (Wildman–Crippen LogP) is 1.45. The Morgan fingerprint density at radius 2 is 1.79 bits per heavy atom. The quantitative estimate of drug-likeness (QED) is 0.849. The molecule has 7 nitrogen and oxygen atoms in total. The van der Waals surface area contributed by atoms with Crippen molar-refractivity contribution in [1.29, 1.82) is 0 Å². The number of anilines is 1. The number of aromatic amines is 1. The topological polar surface area (TPSA) is 85.0 Å². The first-order valence-corrected chi connectivity index (χ1v) is 5.84. The Balaban J connectivity index is 2.24. The third-order valence-electron chi connectivity index (χ3n) is 2.82. The fraction of sp³-hybridized carbons (Fsp3) is 0.417. The van der Waals surface area contributed by atoms with Gasteiger partial charge in [0.25, 0.3) is 0 Å². The lowest BCUT2D eigenvalue weighted by Crippen LogP contribution is -2.07. The van der Waals surface area contributed by atoms with E-state index in [4.69, 9.17) is 9.47 Å². The highest BCUT2D eigenvalue weighted by Crippen LogP contribution is 2.25. The van der Waals surface area contributed by atoms with E-state index in [1.165, 1.54) is 6.33 Å². The number of aromatic nitrogens is 4. The van der Waals surface area contributed by atoms with Crippen molar-refractivity contribution in [3.63, 3.8) is 0 Å². The highest BCUT2D eigenvalue weighted by atomic mass is 16.5. The molecule has 0 aliphatic carbocycles. The van der Waals surface area contributed by atoms with Crippen LogP contribution in [0.15, 0.2) is 6.33 Å². The maximum absolute atomic E-state index is 5.22. The molecular formula is C12H17N5O2. The second-order valence-corrected chi connectivity index (χ2v) is 4.03. The van der Waals surface area contributed by atoms with Crippen molar-refractivity contribution in [2.75, 3.05) is 19.5 Å². The van der Waals surface area contributed by atoms with E-state index in [1.807, 2.05) is 13.8 Å². The molecule has 0 saturated heterocycles. The molecule has 0 saturated carbocycles. The van der Waals surface area contributed by atoms with E-state index < -0.39 is 0 Å². The molecule has 102 valence electrons. The summed E-state index contributed by atoms with van der Waals surface area (Å²) < 4.78 is 10.4. The van der Waals surface area contributed by atoms with E-state index in [0.29, 0.717) is 18.3 Å². The van der Waals surface area contributed by atoms with Crippen LogP contribution in [0.3, 0.4) is 0 Å². The summed E-state index contributed by atoms with van der Waals surface area (Å²) in [7, 11) is 3.14. The van der Waals surface area contributed by atoms with Crippen LogP contribution in [0.4, 0.5) is 5.69 Å². The highest BCUT2D eigenvalue weighted by molar-refractivity contribution is 5.52. The maximum atomic E-state index is 5.22. The van der Waals surface area contributed by atoms with Gasteiger partial charge in [0, 0.05) is 0 Å². The van der Waals surface area contributed by atoms with Crippen LogP contribution >= 0.6 is 0 Å². The van der Waals surface area contributed by atoms with E-state index >= 15 is 0 Å². The summed E-state index contributed by atoms with van der Waals surface area (Å²) >= 11 is 0. The van der Waals surface area contributed by atoms with Crippen LogP contribution in [-0.2, 0) is 6.54 Å². The normalized spacial score (nSPS) is 10.3. The fourth-order valence-electron chi connectivity index (χ4n) is 1.87. The maximum Gasteiger partial charge on any atom is 0.225 e. The van der Waals surface area contributed by atoms with Gasteiger partial charge in [-0.25, -0.2) is 9.97 Å². The Morgan fingerprint density at radius 1 is 1.16 bits per heavy atom. The number of rotatable bonds is 5. The van der Waals surface area contributed by atoms with Crippen molar-refractivity contribution < 1.29 is 9.47 Å². The van der Waals surface area contributed by atoms with Gasteiger partial charge >= 0.3 is 0 Å². The summed E-state index contributed by atoms with van der Waals surface area (Å²) in [6.07, 6.45) is 1.41. The van der Waals surface area contributed by atoms with E-state index in [2.05, 4.69) is 25.5 Å². The van der Waals surface area contributed by atoms with E-state index in [0.717, 1.165) is 22.6 Å². The zero-order valence-corrected chi connectivity index (χ0v) is 11.4. The van der Waals surface area contributed by atoms with Crippen molar-refractivity contribution in [2.24, 2.45) is 0 Å². The van der Waals surface area contributed by atoms with Gasteiger partial charge in [-0.3, -0.25) is 5.10 Å². The predicted molar refractivity (Wildman–Crippen MR) is 70.5 cm³/mol. The lowest BCUT2D eigenvalue weighted by Gasteiger charge is -2.12. The Bertz CT molecular complexity index is 525. The lowest BCUT2D eigenvalue weighted by molar-refractivity contribution is 0.363. The van der Waals surface area contributed by atoms with E-state index in [-0.39, 0.29) is 0 Å². The Morgan fingerprint density at radius 3 is 2.26 bits per heavy atom. The van der Waals surface area contributed by atoms with Crippen LogP contribution in [0.5, 0.6) is 11.8 Å².